The second-order valence-electron chi connectivity index (χ2n) is 24.7. The molecule has 0 rings (SSSR count). The molecule has 0 bridgehead atoms. The first-order valence-electron chi connectivity index (χ1n) is 37.5. The predicted molar refractivity (Wildman–Crippen MR) is 399 cm³/mol. The van der Waals surface area contributed by atoms with Crippen molar-refractivity contribution in [3.8, 4) is 0 Å². The van der Waals surface area contributed by atoms with Gasteiger partial charge < -0.3 is 34.2 Å². The van der Waals surface area contributed by atoms with Crippen molar-refractivity contribution in [2.24, 2.45) is 0 Å². The molecule has 0 spiro atoms. The Morgan fingerprint density at radius 2 is 0.546 bits per heavy atom. The number of hydrogen-bond acceptors (Lipinski definition) is 14. The van der Waals surface area contributed by atoms with Crippen LogP contribution in [0.25, 0.3) is 0 Å². The largest absolute Gasteiger partial charge is 0.472 e. The van der Waals surface area contributed by atoms with Crippen LogP contribution in [0.4, 0.5) is 0 Å². The minimum Gasteiger partial charge on any atom is -0.463 e. The predicted octanol–water partition coefficient (Wildman–Crippen LogP) is 21.5. The van der Waals surface area contributed by atoms with Gasteiger partial charge in [-0.1, -0.05) is 270 Å². The van der Waals surface area contributed by atoms with Crippen molar-refractivity contribution in [1.29, 1.82) is 0 Å². The van der Waals surface area contributed by atoms with Crippen molar-refractivity contribution in [3.05, 3.63) is 134 Å². The van der Waals surface area contributed by atoms with Gasteiger partial charge in [-0.15, -0.1) is 0 Å². The van der Waals surface area contributed by atoms with Gasteiger partial charge in [0, 0.05) is 19.3 Å². The number of aliphatic hydroxyl groups excluding tert-OH is 2. The summed E-state index contributed by atoms with van der Waals surface area (Å²) in [5.41, 5.74) is 0. The second kappa shape index (κ2) is 71.5. The lowest BCUT2D eigenvalue weighted by Crippen LogP contribution is -2.30. The van der Waals surface area contributed by atoms with Crippen LogP contribution in [-0.4, -0.2) is 95.9 Å². The highest BCUT2D eigenvalue weighted by Crippen LogP contribution is 2.45. The fraction of sp³-hybridized carbons (Fsp3) is 0.684. The molecule has 0 heterocycles. The number of hydrogen-bond donors (Lipinski definition) is 4. The molecule has 0 aromatic carbocycles. The van der Waals surface area contributed by atoms with Crippen LogP contribution in [0.15, 0.2) is 134 Å². The highest BCUT2D eigenvalue weighted by molar-refractivity contribution is 7.47. The molecule has 0 aromatic rings. The van der Waals surface area contributed by atoms with Crippen LogP contribution in [0.2, 0.25) is 0 Å². The van der Waals surface area contributed by atoms with E-state index >= 15 is 0 Å². The highest BCUT2D eigenvalue weighted by Gasteiger charge is 2.29. The van der Waals surface area contributed by atoms with Gasteiger partial charge in [0.2, 0.25) is 0 Å². The Kier molecular flexibility index (Phi) is 68.3. The summed E-state index contributed by atoms with van der Waals surface area (Å²) in [5, 5.41) is 20.6. The van der Waals surface area contributed by atoms with Gasteiger partial charge in [0.05, 0.1) is 26.4 Å². The lowest BCUT2D eigenvalue weighted by Gasteiger charge is -2.21. The van der Waals surface area contributed by atoms with Crippen LogP contribution < -0.4 is 0 Å². The molecule has 5 unspecified atom stereocenters. The number of carbonyl (C=O) groups is 3. The molecule has 0 saturated heterocycles. The number of ether oxygens (including phenoxy) is 3. The molecule has 5 atom stereocenters. The molecule has 0 amide bonds. The average molecular weight is 1400 g/mol. The van der Waals surface area contributed by atoms with E-state index in [0.717, 1.165) is 148 Å². The minimum absolute atomic E-state index is 0.0846. The highest BCUT2D eigenvalue weighted by atomic mass is 31.2. The van der Waals surface area contributed by atoms with Gasteiger partial charge in [0.25, 0.3) is 0 Å². The van der Waals surface area contributed by atoms with Crippen LogP contribution in [0.5, 0.6) is 0 Å². The Labute approximate surface area is 588 Å². The van der Waals surface area contributed by atoms with Crippen LogP contribution in [-0.2, 0) is 55.8 Å². The number of esters is 3. The van der Waals surface area contributed by atoms with Crippen LogP contribution in [0.1, 0.15) is 290 Å². The zero-order valence-electron chi connectivity index (χ0n) is 60.5. The molecule has 0 aliphatic rings. The van der Waals surface area contributed by atoms with Gasteiger partial charge in [-0.3, -0.25) is 32.5 Å². The van der Waals surface area contributed by atoms with Crippen molar-refractivity contribution < 1.29 is 75.8 Å². The van der Waals surface area contributed by atoms with Gasteiger partial charge in [-0.25, -0.2) is 9.13 Å². The smallest absolute Gasteiger partial charge is 0.463 e. The first kappa shape index (κ1) is 92.7. The van der Waals surface area contributed by atoms with Gasteiger partial charge in [0.1, 0.15) is 25.4 Å². The maximum atomic E-state index is 12.9. The second-order valence-corrected chi connectivity index (χ2v) is 27.6. The molecule has 18 heteroatoms. The maximum absolute atomic E-state index is 12.9. The van der Waals surface area contributed by atoms with Crippen LogP contribution >= 0.6 is 15.6 Å². The van der Waals surface area contributed by atoms with E-state index in [-0.39, 0.29) is 19.3 Å². The molecule has 0 fully saturated rings. The quantitative estimate of drug-likeness (QED) is 0.0146. The van der Waals surface area contributed by atoms with E-state index in [4.69, 9.17) is 32.3 Å². The summed E-state index contributed by atoms with van der Waals surface area (Å²) < 4.78 is 61.0. The molecule has 4 N–H and O–H groups in total. The summed E-state index contributed by atoms with van der Waals surface area (Å²) in [5.74, 6) is -1.63. The molecule has 16 nitrogen and oxygen atoms in total. The Morgan fingerprint density at radius 3 is 0.887 bits per heavy atom. The van der Waals surface area contributed by atoms with Crippen molar-refractivity contribution >= 4 is 33.6 Å². The van der Waals surface area contributed by atoms with Crippen LogP contribution in [0, 0.1) is 0 Å². The van der Waals surface area contributed by atoms with Gasteiger partial charge in [0.15, 0.2) is 6.10 Å². The van der Waals surface area contributed by atoms with E-state index in [1.54, 1.807) is 0 Å². The van der Waals surface area contributed by atoms with E-state index in [1.807, 2.05) is 0 Å². The van der Waals surface area contributed by atoms with Crippen molar-refractivity contribution in [2.75, 3.05) is 39.6 Å². The molecule has 556 valence electrons. The van der Waals surface area contributed by atoms with Crippen molar-refractivity contribution in [2.45, 2.75) is 309 Å². The first-order chi connectivity index (χ1) is 47.2. The van der Waals surface area contributed by atoms with Gasteiger partial charge >= 0.3 is 33.6 Å². The topological polar surface area (TPSA) is 231 Å². The number of aliphatic hydroxyl groups is 2. The summed E-state index contributed by atoms with van der Waals surface area (Å²) in [4.78, 5) is 58.5. The lowest BCUT2D eigenvalue weighted by molar-refractivity contribution is -0.161. The van der Waals surface area contributed by atoms with E-state index < -0.39 is 91.5 Å². The maximum Gasteiger partial charge on any atom is 0.472 e. The average Bonchev–Trinajstić information content (AvgIpc) is 1.86. The van der Waals surface area contributed by atoms with Crippen molar-refractivity contribution in [3.63, 3.8) is 0 Å². The monoisotopic (exact) mass is 1400 g/mol. The molecule has 0 aromatic heterocycles. The third-order valence-electron chi connectivity index (χ3n) is 15.3. The third-order valence-corrected chi connectivity index (χ3v) is 17.2. The molecule has 0 saturated carbocycles. The number of carbonyl (C=O) groups excluding carboxylic acids is 3. The van der Waals surface area contributed by atoms with Crippen LogP contribution in [0.3, 0.4) is 0 Å². The number of allylic oxidation sites excluding steroid dienone is 22. The van der Waals surface area contributed by atoms with E-state index in [2.05, 4.69) is 154 Å². The lowest BCUT2D eigenvalue weighted by atomic mass is 10.0. The SMILES string of the molecule is CC/C=C\C/C=C\C/C=C\C/C=C\C/C=C\CCCCCCCCCCCCCC(=O)OCC(O)COP(=O)(O)OCC(O)COP(=O)(O)OCC(COC(=O)CCCCC/C=C\C/C=C\C/C=C\C/C=C\C/C=C\CC)OC(=O)CCCCCCC/C=C\CCCCCCCC. The number of phosphoric ester groups is 2. The summed E-state index contributed by atoms with van der Waals surface area (Å²) in [7, 11) is -9.80. The van der Waals surface area contributed by atoms with E-state index in [1.165, 1.54) is 83.5 Å². The third kappa shape index (κ3) is 72.8. The summed E-state index contributed by atoms with van der Waals surface area (Å²) in [6.45, 7) is 2.39. The number of rotatable bonds is 70. The zero-order chi connectivity index (χ0) is 70.9. The minimum atomic E-state index is -4.94. The molecule has 0 aliphatic heterocycles. The molecular formula is C79H134O16P2. The fourth-order valence-corrected chi connectivity index (χ4v) is 11.3. The number of phosphoric acid groups is 2. The van der Waals surface area contributed by atoms with Gasteiger partial charge in [-0.2, -0.15) is 0 Å². The normalized spacial score (nSPS) is 14.8. The summed E-state index contributed by atoms with van der Waals surface area (Å²) in [6, 6.07) is 0. The summed E-state index contributed by atoms with van der Waals surface area (Å²) in [6.07, 6.45) is 85.0. The molecule has 0 aliphatic carbocycles. The standard InChI is InChI=1S/C79H134O16P2/c1-4-7-10-13-16-19-22-25-28-30-32-33-34-35-36-37-38-39-41-43-45-47-50-53-56-59-62-65-77(82)89-68-74(80)69-91-96(85,86)92-70-75(81)71-93-97(87,88)94-73-76(95-79(84)67-64-61-58-55-52-49-44-27-24-21-18-15-12-9-6-3)72-90-78(83)66-63-60-57-54-51-48-46-42-40-31-29-26-23-20-17-14-11-8-5-2/h7-8,10-11,16-17,19-20,25-29,32-33,35-36,40,42,44,48,51,74-76,80-81H,4-6,9,12-15,18,21-24,30-31,34,37-39,41,43,45-47,49-50,52-73H2,1-3H3,(H,85,86)(H,87,88)/b10-7-,11-8-,19-16-,20-17-,28-25-,29-26-,33-32-,36-35-,42-40-,44-27-,51-48-. The number of unbranched alkanes of at least 4 members (excludes halogenated alkanes) is 25. The Balaban J connectivity index is 4.59. The Bertz CT molecular complexity index is 2300. The fourth-order valence-electron chi connectivity index (χ4n) is 9.68. The molecule has 0 radical (unpaired) electrons. The molecular weight excluding hydrogens is 1270 g/mol. The van der Waals surface area contributed by atoms with E-state index in [0.29, 0.717) is 19.3 Å². The first-order valence-corrected chi connectivity index (χ1v) is 40.5. The Hall–Kier alpha value is -4.31. The van der Waals surface area contributed by atoms with E-state index in [9.17, 15) is 43.5 Å². The van der Waals surface area contributed by atoms with Crippen molar-refractivity contribution in [1.82, 2.24) is 0 Å². The zero-order valence-corrected chi connectivity index (χ0v) is 62.2. The Morgan fingerprint density at radius 1 is 0.299 bits per heavy atom. The summed E-state index contributed by atoms with van der Waals surface area (Å²) >= 11 is 0. The van der Waals surface area contributed by atoms with Gasteiger partial charge in [-0.05, 0) is 135 Å². The molecule has 97 heavy (non-hydrogen) atoms.